The lowest BCUT2D eigenvalue weighted by atomic mass is 10.2. The summed E-state index contributed by atoms with van der Waals surface area (Å²) < 4.78 is 6.33. The summed E-state index contributed by atoms with van der Waals surface area (Å²) in [7, 11) is 0. The van der Waals surface area contributed by atoms with Gasteiger partial charge < -0.3 is 4.42 Å². The summed E-state index contributed by atoms with van der Waals surface area (Å²) in [4.78, 5) is 4.38. The highest BCUT2D eigenvalue weighted by molar-refractivity contribution is 9.10. The number of nitrogens with zero attached hydrogens (tertiary/aromatic N) is 1. The molecule has 0 aliphatic heterocycles. The molecule has 1 aromatic carbocycles. The fourth-order valence-corrected chi connectivity index (χ4v) is 2.79. The van der Waals surface area contributed by atoms with Crippen LogP contribution in [0.1, 0.15) is 0 Å². The van der Waals surface area contributed by atoms with Crippen molar-refractivity contribution in [3.63, 3.8) is 0 Å². The molecule has 0 atom stereocenters. The first-order chi connectivity index (χ1) is 7.34. The number of para-hydroxylation sites is 1. The van der Waals surface area contributed by atoms with Crippen LogP contribution < -0.4 is 0 Å². The second kappa shape index (κ2) is 3.47. The first-order valence-electron chi connectivity index (χ1n) is 4.42. The Kier molecular flexibility index (Phi) is 2.11. The van der Waals surface area contributed by atoms with Crippen molar-refractivity contribution in [1.29, 1.82) is 0 Å². The fourth-order valence-electron chi connectivity index (χ4n) is 1.52. The van der Waals surface area contributed by atoms with E-state index >= 15 is 0 Å². The standard InChI is InChI=1S/C11H6BrNOS/c12-10-6-15-11(13-10)8-5-14-9-4-2-1-3-7(8)9/h1-6H. The third-order valence-corrected chi connectivity index (χ3v) is 3.77. The average Bonchev–Trinajstić information content (AvgIpc) is 2.83. The molecule has 0 unspecified atom stereocenters. The monoisotopic (exact) mass is 279 g/mol. The molecular formula is C11H6BrNOS. The van der Waals surface area contributed by atoms with Crippen molar-refractivity contribution in [3.05, 3.63) is 40.5 Å². The largest absolute Gasteiger partial charge is 0.464 e. The number of aromatic nitrogens is 1. The maximum atomic E-state index is 5.46. The van der Waals surface area contributed by atoms with Gasteiger partial charge in [0.1, 0.15) is 21.5 Å². The molecule has 2 aromatic heterocycles. The van der Waals surface area contributed by atoms with Crippen LogP contribution in [0.2, 0.25) is 0 Å². The fraction of sp³-hybridized carbons (Fsp3) is 0. The van der Waals surface area contributed by atoms with Gasteiger partial charge in [-0.1, -0.05) is 18.2 Å². The minimum atomic E-state index is 0.868. The van der Waals surface area contributed by atoms with Gasteiger partial charge in [0.25, 0.3) is 0 Å². The van der Waals surface area contributed by atoms with E-state index in [0.717, 1.165) is 26.1 Å². The number of fused-ring (bicyclic) bond motifs is 1. The summed E-state index contributed by atoms with van der Waals surface area (Å²) in [5, 5.41) is 4.06. The first-order valence-corrected chi connectivity index (χ1v) is 6.09. The van der Waals surface area contributed by atoms with Crippen molar-refractivity contribution in [2.24, 2.45) is 0 Å². The van der Waals surface area contributed by atoms with Gasteiger partial charge in [-0.3, -0.25) is 0 Å². The summed E-state index contributed by atoms with van der Waals surface area (Å²) in [6, 6.07) is 7.97. The molecule has 2 heterocycles. The molecule has 0 saturated carbocycles. The number of rotatable bonds is 1. The maximum absolute atomic E-state index is 5.46. The lowest BCUT2D eigenvalue weighted by Crippen LogP contribution is -1.72. The summed E-state index contributed by atoms with van der Waals surface area (Å²) in [6.07, 6.45) is 1.76. The van der Waals surface area contributed by atoms with Crippen LogP contribution in [0, 0.1) is 0 Å². The zero-order chi connectivity index (χ0) is 10.3. The molecule has 0 N–H and O–H groups in total. The van der Waals surface area contributed by atoms with Gasteiger partial charge in [-0.25, -0.2) is 4.98 Å². The summed E-state index contributed by atoms with van der Waals surface area (Å²) in [5.41, 5.74) is 1.96. The van der Waals surface area contributed by atoms with Gasteiger partial charge in [-0.15, -0.1) is 11.3 Å². The summed E-state index contributed by atoms with van der Waals surface area (Å²) in [6.45, 7) is 0. The Bertz CT molecular complexity index is 614. The second-order valence-electron chi connectivity index (χ2n) is 3.12. The van der Waals surface area contributed by atoms with Crippen LogP contribution in [0.25, 0.3) is 21.5 Å². The Balaban J connectivity index is 2.27. The Morgan fingerprint density at radius 2 is 2.13 bits per heavy atom. The molecule has 3 aromatic rings. The molecule has 0 spiro atoms. The molecule has 0 saturated heterocycles. The van der Waals surface area contributed by atoms with Crippen LogP contribution in [-0.2, 0) is 0 Å². The van der Waals surface area contributed by atoms with E-state index in [1.54, 1.807) is 17.6 Å². The van der Waals surface area contributed by atoms with Gasteiger partial charge >= 0.3 is 0 Å². The molecule has 0 fully saturated rings. The van der Waals surface area contributed by atoms with Crippen LogP contribution in [0.3, 0.4) is 0 Å². The number of hydrogen-bond acceptors (Lipinski definition) is 3. The van der Waals surface area contributed by atoms with E-state index in [1.807, 2.05) is 29.6 Å². The third kappa shape index (κ3) is 1.50. The molecule has 0 aliphatic carbocycles. The van der Waals surface area contributed by atoms with Crippen molar-refractivity contribution < 1.29 is 4.42 Å². The van der Waals surface area contributed by atoms with E-state index in [9.17, 15) is 0 Å². The summed E-state index contributed by atoms with van der Waals surface area (Å²) >= 11 is 4.95. The Morgan fingerprint density at radius 1 is 1.27 bits per heavy atom. The number of benzene rings is 1. The van der Waals surface area contributed by atoms with Crippen molar-refractivity contribution in [3.8, 4) is 10.6 Å². The van der Waals surface area contributed by atoms with Gasteiger partial charge in [0, 0.05) is 10.8 Å². The van der Waals surface area contributed by atoms with Crippen LogP contribution in [-0.4, -0.2) is 4.98 Å². The Morgan fingerprint density at radius 3 is 2.93 bits per heavy atom. The van der Waals surface area contributed by atoms with Crippen LogP contribution >= 0.6 is 27.3 Å². The lowest BCUT2D eigenvalue weighted by molar-refractivity contribution is 0.617. The maximum Gasteiger partial charge on any atom is 0.134 e. The quantitative estimate of drug-likeness (QED) is 0.663. The normalized spacial score (nSPS) is 11.0. The highest BCUT2D eigenvalue weighted by Gasteiger charge is 2.10. The van der Waals surface area contributed by atoms with E-state index in [2.05, 4.69) is 20.9 Å². The minimum Gasteiger partial charge on any atom is -0.464 e. The first kappa shape index (κ1) is 9.12. The van der Waals surface area contributed by atoms with Crippen molar-refractivity contribution in [2.45, 2.75) is 0 Å². The van der Waals surface area contributed by atoms with E-state index < -0.39 is 0 Å². The van der Waals surface area contributed by atoms with E-state index in [0.29, 0.717) is 0 Å². The van der Waals surface area contributed by atoms with Crippen LogP contribution in [0.15, 0.2) is 44.9 Å². The van der Waals surface area contributed by atoms with E-state index in [4.69, 9.17) is 4.42 Å². The molecule has 3 rings (SSSR count). The van der Waals surface area contributed by atoms with E-state index in [1.165, 1.54) is 0 Å². The molecule has 0 bridgehead atoms. The van der Waals surface area contributed by atoms with Gasteiger partial charge in [0.2, 0.25) is 0 Å². The highest BCUT2D eigenvalue weighted by Crippen LogP contribution is 2.33. The Labute approximate surface area is 98.7 Å². The smallest absolute Gasteiger partial charge is 0.134 e. The van der Waals surface area contributed by atoms with Gasteiger partial charge in [0.05, 0.1) is 5.56 Å². The molecule has 0 amide bonds. The van der Waals surface area contributed by atoms with Crippen LogP contribution in [0.4, 0.5) is 0 Å². The Hall–Kier alpha value is -1.13. The molecular weight excluding hydrogens is 274 g/mol. The third-order valence-electron chi connectivity index (χ3n) is 2.19. The number of thiazole rings is 1. The summed E-state index contributed by atoms with van der Waals surface area (Å²) in [5.74, 6) is 0. The minimum absolute atomic E-state index is 0.868. The predicted octanol–water partition coefficient (Wildman–Crippen LogP) is 4.32. The zero-order valence-corrected chi connectivity index (χ0v) is 10.0. The number of furan rings is 1. The zero-order valence-electron chi connectivity index (χ0n) is 7.61. The van der Waals surface area contributed by atoms with E-state index in [-0.39, 0.29) is 0 Å². The van der Waals surface area contributed by atoms with Crippen molar-refractivity contribution >= 4 is 38.2 Å². The van der Waals surface area contributed by atoms with Gasteiger partial charge in [0.15, 0.2) is 0 Å². The molecule has 74 valence electrons. The second-order valence-corrected chi connectivity index (χ2v) is 4.79. The van der Waals surface area contributed by atoms with Crippen molar-refractivity contribution in [1.82, 2.24) is 4.98 Å². The molecule has 15 heavy (non-hydrogen) atoms. The van der Waals surface area contributed by atoms with Gasteiger partial charge in [-0.2, -0.15) is 0 Å². The molecule has 0 aliphatic rings. The lowest BCUT2D eigenvalue weighted by Gasteiger charge is -1.90. The number of hydrogen-bond donors (Lipinski definition) is 0. The molecule has 4 heteroatoms. The SMILES string of the molecule is Brc1csc(-c2coc3ccccc23)n1. The predicted molar refractivity (Wildman–Crippen MR) is 65.0 cm³/mol. The highest BCUT2D eigenvalue weighted by atomic mass is 79.9. The topological polar surface area (TPSA) is 26.0 Å². The number of halogens is 1. The average molecular weight is 280 g/mol. The molecule has 2 nitrogen and oxygen atoms in total. The molecule has 0 radical (unpaired) electrons. The van der Waals surface area contributed by atoms with Gasteiger partial charge in [-0.05, 0) is 22.0 Å². The van der Waals surface area contributed by atoms with Crippen molar-refractivity contribution in [2.75, 3.05) is 0 Å². The van der Waals surface area contributed by atoms with Crippen LogP contribution in [0.5, 0.6) is 0 Å².